The molecule has 3 heteroatoms. The van der Waals surface area contributed by atoms with E-state index in [1.54, 1.807) is 0 Å². The van der Waals surface area contributed by atoms with E-state index in [1.165, 1.54) is 0 Å². The van der Waals surface area contributed by atoms with Crippen LogP contribution in [0, 0.1) is 0 Å². The fraction of sp³-hybridized carbons (Fsp3) is 1.00. The summed E-state index contributed by atoms with van der Waals surface area (Å²) in [7, 11) is 0. The van der Waals surface area contributed by atoms with E-state index in [-0.39, 0.29) is 18.8 Å². The Balaban J connectivity index is 2.23. The maximum absolute atomic E-state index is 8.64. The Hall–Kier alpha value is -0.120. The van der Waals surface area contributed by atoms with Gasteiger partial charge in [0.1, 0.15) is 0 Å². The number of aliphatic hydroxyl groups excluding tert-OH is 1. The lowest BCUT2D eigenvalue weighted by atomic mass is 10.3. The van der Waals surface area contributed by atoms with Crippen molar-refractivity contribution >= 4 is 0 Å². The molecule has 1 aliphatic heterocycles. The minimum atomic E-state index is 0.00810. The zero-order chi connectivity index (χ0) is 6.69. The summed E-state index contributed by atoms with van der Waals surface area (Å²) in [4.78, 5) is 0. The Labute approximate surface area is 55.0 Å². The normalized spacial score (nSPS) is 36.7. The Bertz CT molecular complexity index is 87.1. The number of rotatable bonds is 1. The quantitative estimate of drug-likeness (QED) is 0.497. The van der Waals surface area contributed by atoms with Crippen LogP contribution in [0.25, 0.3) is 0 Å². The van der Waals surface area contributed by atoms with E-state index in [1.807, 2.05) is 6.92 Å². The third-order valence-electron chi connectivity index (χ3n) is 1.43. The topological polar surface area (TPSA) is 41.5 Å². The molecular formula is C6H13NO2. The maximum Gasteiger partial charge on any atom is 0.0933 e. The highest BCUT2D eigenvalue weighted by molar-refractivity contribution is 4.70. The Kier molecular flexibility index (Phi) is 2.45. The Morgan fingerprint density at radius 1 is 1.67 bits per heavy atom. The van der Waals surface area contributed by atoms with Gasteiger partial charge < -0.3 is 15.2 Å². The van der Waals surface area contributed by atoms with Crippen LogP contribution in [0.3, 0.4) is 0 Å². The summed E-state index contributed by atoms with van der Waals surface area (Å²) in [5, 5.41) is 11.8. The van der Waals surface area contributed by atoms with Crippen LogP contribution in [0.15, 0.2) is 0 Å². The molecule has 3 nitrogen and oxygen atoms in total. The smallest absolute Gasteiger partial charge is 0.0933 e. The van der Waals surface area contributed by atoms with Gasteiger partial charge in [-0.1, -0.05) is 0 Å². The van der Waals surface area contributed by atoms with E-state index in [4.69, 9.17) is 9.84 Å². The van der Waals surface area contributed by atoms with E-state index >= 15 is 0 Å². The molecule has 1 fully saturated rings. The first kappa shape index (κ1) is 6.99. The van der Waals surface area contributed by atoms with E-state index in [2.05, 4.69) is 5.32 Å². The molecule has 2 atom stereocenters. The summed E-state index contributed by atoms with van der Waals surface area (Å²) >= 11 is 0. The molecule has 0 radical (unpaired) electrons. The van der Waals surface area contributed by atoms with Gasteiger partial charge >= 0.3 is 0 Å². The van der Waals surface area contributed by atoms with Crippen molar-refractivity contribution in [3.05, 3.63) is 0 Å². The van der Waals surface area contributed by atoms with Gasteiger partial charge in [-0.3, -0.25) is 0 Å². The minimum Gasteiger partial charge on any atom is -0.394 e. The maximum atomic E-state index is 8.64. The molecule has 1 rings (SSSR count). The summed E-state index contributed by atoms with van der Waals surface area (Å²) < 4.78 is 5.32. The van der Waals surface area contributed by atoms with Gasteiger partial charge in [0.05, 0.1) is 18.8 Å². The molecule has 0 aliphatic carbocycles. The van der Waals surface area contributed by atoms with Crippen molar-refractivity contribution < 1.29 is 9.84 Å². The lowest BCUT2D eigenvalue weighted by Gasteiger charge is -2.27. The average Bonchev–Trinajstić information content (AvgIpc) is 1.88. The highest BCUT2D eigenvalue weighted by Crippen LogP contribution is 2.00. The van der Waals surface area contributed by atoms with Gasteiger partial charge in [-0.25, -0.2) is 0 Å². The van der Waals surface area contributed by atoms with Gasteiger partial charge in [0.2, 0.25) is 0 Å². The SMILES string of the molecule is C[C@@H]1CNC[C@H](CO)O1. The average molecular weight is 131 g/mol. The van der Waals surface area contributed by atoms with Crippen LogP contribution in [0.1, 0.15) is 6.92 Å². The summed E-state index contributed by atoms with van der Waals surface area (Å²) in [5.74, 6) is 0. The van der Waals surface area contributed by atoms with Crippen molar-refractivity contribution in [3.8, 4) is 0 Å². The van der Waals surface area contributed by atoms with Crippen LogP contribution in [0.2, 0.25) is 0 Å². The van der Waals surface area contributed by atoms with Crippen LogP contribution in [-0.2, 0) is 4.74 Å². The predicted molar refractivity (Wildman–Crippen MR) is 34.3 cm³/mol. The molecule has 0 amide bonds. The van der Waals surface area contributed by atoms with Crippen LogP contribution in [0.4, 0.5) is 0 Å². The lowest BCUT2D eigenvalue weighted by Crippen LogP contribution is -2.44. The first-order valence-electron chi connectivity index (χ1n) is 3.30. The van der Waals surface area contributed by atoms with E-state index < -0.39 is 0 Å². The molecule has 1 heterocycles. The van der Waals surface area contributed by atoms with Crippen molar-refractivity contribution in [3.63, 3.8) is 0 Å². The summed E-state index contributed by atoms with van der Waals surface area (Å²) in [6.07, 6.45) is 0.254. The second-order valence-electron chi connectivity index (χ2n) is 2.41. The van der Waals surface area contributed by atoms with Crippen molar-refractivity contribution in [2.45, 2.75) is 19.1 Å². The minimum absolute atomic E-state index is 0.00810. The molecule has 0 bridgehead atoms. The predicted octanol–water partition coefficient (Wildman–Crippen LogP) is -0.644. The number of aliphatic hydroxyl groups is 1. The lowest BCUT2D eigenvalue weighted by molar-refractivity contribution is -0.0518. The van der Waals surface area contributed by atoms with Gasteiger partial charge in [-0.05, 0) is 6.92 Å². The molecule has 54 valence electrons. The van der Waals surface area contributed by atoms with Gasteiger partial charge in [0.25, 0.3) is 0 Å². The van der Waals surface area contributed by atoms with Crippen LogP contribution in [0.5, 0.6) is 0 Å². The van der Waals surface area contributed by atoms with E-state index in [0.29, 0.717) is 0 Å². The number of ether oxygens (including phenoxy) is 1. The number of hydrogen-bond donors (Lipinski definition) is 2. The van der Waals surface area contributed by atoms with Gasteiger partial charge in [0, 0.05) is 13.1 Å². The van der Waals surface area contributed by atoms with Crippen molar-refractivity contribution in [1.82, 2.24) is 5.32 Å². The standard InChI is InChI=1S/C6H13NO2/c1-5-2-7-3-6(4-8)9-5/h5-8H,2-4H2,1H3/t5-,6-/m1/s1. The zero-order valence-corrected chi connectivity index (χ0v) is 5.63. The number of hydrogen-bond acceptors (Lipinski definition) is 3. The molecule has 0 aromatic carbocycles. The highest BCUT2D eigenvalue weighted by Gasteiger charge is 2.16. The molecule has 9 heavy (non-hydrogen) atoms. The van der Waals surface area contributed by atoms with Crippen LogP contribution < -0.4 is 5.32 Å². The number of morpholine rings is 1. The largest absolute Gasteiger partial charge is 0.394 e. The molecule has 1 aliphatic rings. The third-order valence-corrected chi connectivity index (χ3v) is 1.43. The highest BCUT2D eigenvalue weighted by atomic mass is 16.5. The van der Waals surface area contributed by atoms with E-state index in [0.717, 1.165) is 13.1 Å². The molecular weight excluding hydrogens is 118 g/mol. The summed E-state index contributed by atoms with van der Waals surface area (Å²) in [6, 6.07) is 0. The summed E-state index contributed by atoms with van der Waals surface area (Å²) in [6.45, 7) is 3.80. The number of nitrogens with one attached hydrogen (secondary N) is 1. The van der Waals surface area contributed by atoms with E-state index in [9.17, 15) is 0 Å². The van der Waals surface area contributed by atoms with Gasteiger partial charge in [0.15, 0.2) is 0 Å². The van der Waals surface area contributed by atoms with Crippen LogP contribution >= 0.6 is 0 Å². The Morgan fingerprint density at radius 3 is 2.89 bits per heavy atom. The van der Waals surface area contributed by atoms with Crippen molar-refractivity contribution in [1.29, 1.82) is 0 Å². The van der Waals surface area contributed by atoms with Gasteiger partial charge in [-0.2, -0.15) is 0 Å². The Morgan fingerprint density at radius 2 is 2.44 bits per heavy atom. The first-order valence-corrected chi connectivity index (χ1v) is 3.30. The third kappa shape index (κ3) is 1.93. The molecule has 0 aromatic rings. The van der Waals surface area contributed by atoms with Crippen molar-refractivity contribution in [2.24, 2.45) is 0 Å². The summed E-state index contributed by atoms with van der Waals surface area (Å²) in [5.41, 5.74) is 0. The molecule has 0 spiro atoms. The van der Waals surface area contributed by atoms with Gasteiger partial charge in [-0.15, -0.1) is 0 Å². The first-order chi connectivity index (χ1) is 4.33. The molecule has 1 saturated heterocycles. The van der Waals surface area contributed by atoms with Crippen LogP contribution in [-0.4, -0.2) is 37.0 Å². The monoisotopic (exact) mass is 131 g/mol. The zero-order valence-electron chi connectivity index (χ0n) is 5.63. The fourth-order valence-electron chi connectivity index (χ4n) is 0.980. The molecule has 0 unspecified atom stereocenters. The fourth-order valence-corrected chi connectivity index (χ4v) is 0.980. The second kappa shape index (κ2) is 3.15. The molecule has 2 N–H and O–H groups in total. The van der Waals surface area contributed by atoms with Crippen molar-refractivity contribution in [2.75, 3.05) is 19.7 Å². The molecule has 0 saturated carbocycles. The second-order valence-corrected chi connectivity index (χ2v) is 2.41. The molecule has 0 aromatic heterocycles.